The fourth-order valence-electron chi connectivity index (χ4n) is 4.18. The molecule has 4 N–H and O–H groups in total. The molecule has 0 radical (unpaired) electrons. The van der Waals surface area contributed by atoms with E-state index in [0.717, 1.165) is 11.1 Å². The van der Waals surface area contributed by atoms with Crippen molar-refractivity contribution in [2.24, 2.45) is 17.3 Å². The van der Waals surface area contributed by atoms with Crippen molar-refractivity contribution >= 4 is 23.8 Å². The highest BCUT2D eigenvalue weighted by atomic mass is 16.6. The molecule has 0 saturated carbocycles. The average Bonchev–Trinajstić information content (AvgIpc) is 2.86. The standard InChI is InChI=1S/C33H49N3O6/c1-21(2)28(36-30(39)41-20-23-13-11-10-12-14-23)29(38)35-26-19-24(15-16-27(26)37)18-25(17-22(3)32(4,5)6)34-31(40)42-33(7,8)9/h10-16,19,21-22,25,28,37H,17-18,20H2,1-9H3,(H,34,40)(H,35,38)(H,36,39)/t22?,25-,28?/m1/s1. The largest absolute Gasteiger partial charge is 0.506 e. The highest BCUT2D eigenvalue weighted by Gasteiger charge is 2.28. The van der Waals surface area contributed by atoms with Crippen molar-refractivity contribution in [2.75, 3.05) is 5.32 Å². The molecule has 0 bridgehead atoms. The lowest BCUT2D eigenvalue weighted by Gasteiger charge is -2.32. The second-order valence-corrected chi connectivity index (χ2v) is 13.3. The number of phenols is 1. The Bertz CT molecular complexity index is 1180. The number of aromatic hydroxyl groups is 1. The Morgan fingerprint density at radius 2 is 1.50 bits per heavy atom. The molecule has 0 saturated heterocycles. The van der Waals surface area contributed by atoms with Crippen LogP contribution in [0.2, 0.25) is 0 Å². The van der Waals surface area contributed by atoms with E-state index in [-0.39, 0.29) is 41.3 Å². The molecule has 3 atom stereocenters. The highest BCUT2D eigenvalue weighted by molar-refractivity contribution is 5.97. The summed E-state index contributed by atoms with van der Waals surface area (Å²) in [6, 6.07) is 13.1. The van der Waals surface area contributed by atoms with Gasteiger partial charge in [0.1, 0.15) is 24.0 Å². The number of anilines is 1. The van der Waals surface area contributed by atoms with E-state index in [0.29, 0.717) is 12.8 Å². The van der Waals surface area contributed by atoms with Gasteiger partial charge >= 0.3 is 12.2 Å². The molecule has 2 unspecified atom stereocenters. The second-order valence-electron chi connectivity index (χ2n) is 13.3. The molecule has 0 fully saturated rings. The summed E-state index contributed by atoms with van der Waals surface area (Å²) in [5, 5.41) is 18.9. The van der Waals surface area contributed by atoms with Gasteiger partial charge in [0.25, 0.3) is 0 Å². The first-order valence-electron chi connectivity index (χ1n) is 14.5. The molecule has 2 aromatic carbocycles. The van der Waals surface area contributed by atoms with Crippen molar-refractivity contribution in [1.29, 1.82) is 0 Å². The Kier molecular flexibility index (Phi) is 12.3. The lowest BCUT2D eigenvalue weighted by atomic mass is 9.78. The highest BCUT2D eigenvalue weighted by Crippen LogP contribution is 2.31. The fraction of sp³-hybridized carbons (Fsp3) is 0.545. The predicted molar refractivity (Wildman–Crippen MR) is 165 cm³/mol. The van der Waals surface area contributed by atoms with Crippen LogP contribution < -0.4 is 16.0 Å². The fourth-order valence-corrected chi connectivity index (χ4v) is 4.18. The van der Waals surface area contributed by atoms with E-state index in [1.807, 2.05) is 51.1 Å². The van der Waals surface area contributed by atoms with E-state index < -0.39 is 29.7 Å². The summed E-state index contributed by atoms with van der Waals surface area (Å²) in [5.74, 6) is -0.561. The first kappa shape index (κ1) is 34.5. The minimum atomic E-state index is -0.898. The quantitative estimate of drug-likeness (QED) is 0.216. The number of nitrogens with one attached hydrogen (secondary N) is 3. The normalized spacial score (nSPS) is 14.0. The van der Waals surface area contributed by atoms with Gasteiger partial charge in [0.15, 0.2) is 0 Å². The second kappa shape index (κ2) is 14.9. The molecule has 3 amide bonds. The Morgan fingerprint density at radius 3 is 2.07 bits per heavy atom. The molecule has 2 rings (SSSR count). The monoisotopic (exact) mass is 583 g/mol. The maximum atomic E-state index is 13.2. The van der Waals surface area contributed by atoms with Gasteiger partial charge < -0.3 is 30.5 Å². The van der Waals surface area contributed by atoms with E-state index >= 15 is 0 Å². The summed E-state index contributed by atoms with van der Waals surface area (Å²) in [5.41, 5.74) is 1.25. The van der Waals surface area contributed by atoms with Gasteiger partial charge in [-0.25, -0.2) is 9.59 Å². The zero-order valence-corrected chi connectivity index (χ0v) is 26.5. The molecule has 0 aliphatic carbocycles. The van der Waals surface area contributed by atoms with E-state index in [1.54, 1.807) is 26.0 Å². The molecule has 9 nitrogen and oxygen atoms in total. The Labute approximate surface area is 250 Å². The van der Waals surface area contributed by atoms with E-state index in [1.165, 1.54) is 6.07 Å². The van der Waals surface area contributed by atoms with Gasteiger partial charge in [0, 0.05) is 6.04 Å². The minimum Gasteiger partial charge on any atom is -0.506 e. The molecule has 0 aromatic heterocycles. The number of phenolic OH excluding ortho intramolecular Hbond substituents is 1. The van der Waals surface area contributed by atoms with Crippen molar-refractivity contribution in [1.82, 2.24) is 10.6 Å². The predicted octanol–water partition coefficient (Wildman–Crippen LogP) is 6.79. The van der Waals surface area contributed by atoms with Gasteiger partial charge in [-0.2, -0.15) is 0 Å². The van der Waals surface area contributed by atoms with Gasteiger partial charge in [0.05, 0.1) is 5.69 Å². The SMILES string of the molecule is CC(C)C(NC(=O)OCc1ccccc1)C(=O)Nc1cc(C[C@@H](CC(C)C(C)(C)C)NC(=O)OC(C)(C)C)ccc1O. The third-order valence-corrected chi connectivity index (χ3v) is 7.07. The van der Waals surface area contributed by atoms with Crippen LogP contribution in [0.4, 0.5) is 15.3 Å². The van der Waals surface area contributed by atoms with Gasteiger partial charge in [-0.1, -0.05) is 77.9 Å². The number of rotatable bonds is 11. The Morgan fingerprint density at radius 1 is 0.857 bits per heavy atom. The van der Waals surface area contributed by atoms with Crippen LogP contribution >= 0.6 is 0 Å². The number of benzene rings is 2. The van der Waals surface area contributed by atoms with Crippen LogP contribution in [0.1, 0.15) is 79.9 Å². The molecule has 0 aliphatic rings. The molecular weight excluding hydrogens is 534 g/mol. The van der Waals surface area contributed by atoms with Crippen LogP contribution in [0.25, 0.3) is 0 Å². The Balaban J connectivity index is 2.15. The summed E-state index contributed by atoms with van der Waals surface area (Å²) in [6.07, 6.45) is -0.0448. The third kappa shape index (κ3) is 12.0. The first-order valence-corrected chi connectivity index (χ1v) is 14.5. The van der Waals surface area contributed by atoms with Gasteiger partial charge in [-0.15, -0.1) is 0 Å². The molecule has 0 heterocycles. The van der Waals surface area contributed by atoms with Crippen LogP contribution in [-0.2, 0) is 27.3 Å². The van der Waals surface area contributed by atoms with Crippen LogP contribution in [0.5, 0.6) is 5.75 Å². The van der Waals surface area contributed by atoms with Crippen molar-refractivity contribution < 1.29 is 29.0 Å². The molecule has 232 valence electrons. The zero-order valence-electron chi connectivity index (χ0n) is 26.5. The molecule has 9 heteroatoms. The molecule has 42 heavy (non-hydrogen) atoms. The lowest BCUT2D eigenvalue weighted by molar-refractivity contribution is -0.119. The molecule has 0 aliphatic heterocycles. The van der Waals surface area contributed by atoms with Crippen molar-refractivity contribution in [3.8, 4) is 5.75 Å². The van der Waals surface area contributed by atoms with Crippen LogP contribution in [0.3, 0.4) is 0 Å². The number of carbonyl (C=O) groups is 3. The van der Waals surface area contributed by atoms with Gasteiger partial charge in [0.2, 0.25) is 5.91 Å². The number of hydrogen-bond acceptors (Lipinski definition) is 6. The van der Waals surface area contributed by atoms with E-state index in [9.17, 15) is 19.5 Å². The number of alkyl carbamates (subject to hydrolysis) is 2. The number of hydrogen-bond donors (Lipinski definition) is 4. The van der Waals surface area contributed by atoms with Gasteiger partial charge in [-0.3, -0.25) is 4.79 Å². The van der Waals surface area contributed by atoms with Gasteiger partial charge in [-0.05, 0) is 74.1 Å². The van der Waals surface area contributed by atoms with E-state index in [2.05, 4.69) is 43.6 Å². The maximum absolute atomic E-state index is 13.2. The van der Waals surface area contributed by atoms with Crippen LogP contribution in [0.15, 0.2) is 48.5 Å². The maximum Gasteiger partial charge on any atom is 0.408 e. The molecule has 0 spiro atoms. The minimum absolute atomic E-state index is 0.0308. The molecule has 2 aromatic rings. The summed E-state index contributed by atoms with van der Waals surface area (Å²) in [7, 11) is 0. The summed E-state index contributed by atoms with van der Waals surface area (Å²) in [6.45, 7) is 17.8. The first-order chi connectivity index (χ1) is 19.4. The van der Waals surface area contributed by atoms with Crippen molar-refractivity contribution in [3.05, 3.63) is 59.7 Å². The summed E-state index contributed by atoms with van der Waals surface area (Å²) >= 11 is 0. The van der Waals surface area contributed by atoms with Crippen LogP contribution in [-0.4, -0.2) is 40.9 Å². The number of carbonyl (C=O) groups excluding carboxylic acids is 3. The smallest absolute Gasteiger partial charge is 0.408 e. The lowest BCUT2D eigenvalue weighted by Crippen LogP contribution is -2.47. The topological polar surface area (TPSA) is 126 Å². The van der Waals surface area contributed by atoms with Crippen LogP contribution in [0, 0.1) is 17.3 Å². The Hall–Kier alpha value is -3.75. The van der Waals surface area contributed by atoms with E-state index in [4.69, 9.17) is 9.47 Å². The summed E-state index contributed by atoms with van der Waals surface area (Å²) in [4.78, 5) is 38.3. The summed E-state index contributed by atoms with van der Waals surface area (Å²) < 4.78 is 10.8. The molecular formula is C33H49N3O6. The van der Waals surface area contributed by atoms with Crippen molar-refractivity contribution in [2.45, 2.75) is 99.4 Å². The van der Waals surface area contributed by atoms with Crippen molar-refractivity contribution in [3.63, 3.8) is 0 Å². The average molecular weight is 584 g/mol. The zero-order chi connectivity index (χ0) is 31.7. The number of ether oxygens (including phenoxy) is 2. The third-order valence-electron chi connectivity index (χ3n) is 7.07. The number of amides is 3.